The molecular formula is C23H26ClN5O2. The number of likely N-dealkylation sites (N-methyl/N-ethyl adjacent to an activating group) is 1. The van der Waals surface area contributed by atoms with Crippen LogP contribution in [0.5, 0.6) is 0 Å². The van der Waals surface area contributed by atoms with Crippen molar-refractivity contribution in [2.24, 2.45) is 0 Å². The number of amides is 2. The molecule has 2 aromatic carbocycles. The molecule has 0 saturated heterocycles. The third-order valence-corrected chi connectivity index (χ3v) is 5.00. The van der Waals surface area contributed by atoms with E-state index in [1.807, 2.05) is 45.0 Å². The highest BCUT2D eigenvalue weighted by Gasteiger charge is 2.16. The lowest BCUT2D eigenvalue weighted by molar-refractivity contribution is -0.119. The van der Waals surface area contributed by atoms with Crippen molar-refractivity contribution in [1.82, 2.24) is 14.7 Å². The highest BCUT2D eigenvalue weighted by molar-refractivity contribution is 6.33. The fraction of sp³-hybridized carbons (Fsp3) is 0.261. The largest absolute Gasteiger partial charge is 0.324 e. The molecule has 2 amide bonds. The van der Waals surface area contributed by atoms with Crippen molar-refractivity contribution >= 4 is 34.9 Å². The number of hydrogen-bond donors (Lipinski definition) is 2. The van der Waals surface area contributed by atoms with Gasteiger partial charge in [0, 0.05) is 6.07 Å². The van der Waals surface area contributed by atoms with E-state index in [1.54, 1.807) is 40.9 Å². The van der Waals surface area contributed by atoms with Crippen LogP contribution in [0.2, 0.25) is 5.02 Å². The molecule has 8 heteroatoms. The molecule has 7 nitrogen and oxygen atoms in total. The minimum absolute atomic E-state index is 0.0486. The van der Waals surface area contributed by atoms with Crippen LogP contribution < -0.4 is 10.6 Å². The van der Waals surface area contributed by atoms with Gasteiger partial charge in [-0.2, -0.15) is 5.10 Å². The summed E-state index contributed by atoms with van der Waals surface area (Å²) in [5.74, 6) is 0.101. The molecule has 0 saturated carbocycles. The maximum absolute atomic E-state index is 12.6. The highest BCUT2D eigenvalue weighted by atomic mass is 35.5. The molecule has 0 unspecified atom stereocenters. The van der Waals surface area contributed by atoms with Gasteiger partial charge in [-0.05, 0) is 57.1 Å². The summed E-state index contributed by atoms with van der Waals surface area (Å²) in [6, 6.07) is 14.9. The minimum Gasteiger partial charge on any atom is -0.324 e. The van der Waals surface area contributed by atoms with Crippen molar-refractivity contribution in [2.45, 2.75) is 20.8 Å². The van der Waals surface area contributed by atoms with Crippen LogP contribution in [0, 0.1) is 20.8 Å². The summed E-state index contributed by atoms with van der Waals surface area (Å²) in [7, 11) is 1.71. The summed E-state index contributed by atoms with van der Waals surface area (Å²) in [6.45, 7) is 5.99. The van der Waals surface area contributed by atoms with E-state index in [-0.39, 0.29) is 24.9 Å². The van der Waals surface area contributed by atoms with Gasteiger partial charge in [-0.3, -0.25) is 14.5 Å². The van der Waals surface area contributed by atoms with Crippen LogP contribution in [-0.2, 0) is 9.59 Å². The topological polar surface area (TPSA) is 79.3 Å². The van der Waals surface area contributed by atoms with Crippen LogP contribution in [0.3, 0.4) is 0 Å². The van der Waals surface area contributed by atoms with Crippen molar-refractivity contribution in [1.29, 1.82) is 0 Å². The zero-order valence-electron chi connectivity index (χ0n) is 18.1. The van der Waals surface area contributed by atoms with Crippen LogP contribution in [0.25, 0.3) is 5.69 Å². The van der Waals surface area contributed by atoms with Gasteiger partial charge in [-0.15, -0.1) is 0 Å². The average Bonchev–Trinajstić information content (AvgIpc) is 3.05. The summed E-state index contributed by atoms with van der Waals surface area (Å²) in [5.41, 5.74) is 4.41. The molecule has 0 aliphatic carbocycles. The van der Waals surface area contributed by atoms with E-state index < -0.39 is 0 Å². The lowest BCUT2D eigenvalue weighted by atomic mass is 10.1. The van der Waals surface area contributed by atoms with Crippen molar-refractivity contribution in [3.05, 3.63) is 70.4 Å². The Morgan fingerprint density at radius 3 is 2.39 bits per heavy atom. The van der Waals surface area contributed by atoms with E-state index in [4.69, 9.17) is 11.6 Å². The Kier molecular flexibility index (Phi) is 7.09. The number of rotatable bonds is 7. The maximum atomic E-state index is 12.6. The lowest BCUT2D eigenvalue weighted by Gasteiger charge is -2.17. The van der Waals surface area contributed by atoms with Crippen molar-refractivity contribution < 1.29 is 9.59 Å². The molecule has 2 N–H and O–H groups in total. The number of aromatic nitrogens is 2. The van der Waals surface area contributed by atoms with Gasteiger partial charge in [0.1, 0.15) is 5.82 Å². The summed E-state index contributed by atoms with van der Waals surface area (Å²) in [6.07, 6.45) is 0. The van der Waals surface area contributed by atoms with Crippen LogP contribution in [-0.4, -0.2) is 46.6 Å². The van der Waals surface area contributed by atoms with E-state index in [1.165, 1.54) is 0 Å². The Hall–Kier alpha value is -3.16. The first-order valence-corrected chi connectivity index (χ1v) is 10.3. The van der Waals surface area contributed by atoms with Crippen LogP contribution >= 0.6 is 11.6 Å². The second kappa shape index (κ2) is 9.76. The van der Waals surface area contributed by atoms with Crippen molar-refractivity contribution in [3.63, 3.8) is 0 Å². The normalized spacial score (nSPS) is 10.9. The molecule has 1 aromatic heterocycles. The van der Waals surface area contributed by atoms with E-state index in [0.29, 0.717) is 16.5 Å². The Morgan fingerprint density at radius 1 is 1.00 bits per heavy atom. The second-order valence-electron chi connectivity index (χ2n) is 7.62. The summed E-state index contributed by atoms with van der Waals surface area (Å²) < 4.78 is 1.74. The number of anilines is 2. The number of para-hydroxylation sites is 1. The average molecular weight is 440 g/mol. The first-order chi connectivity index (χ1) is 14.7. The standard InChI is InChI=1S/C23H26ClN5O2/c1-15-9-10-16(2)20(11-15)29-21(12-17(3)27-29)26-23(31)14-28(4)13-22(30)25-19-8-6-5-7-18(19)24/h5-12H,13-14H2,1-4H3,(H,25,30)(H,26,31). The third-order valence-electron chi connectivity index (χ3n) is 4.67. The Bertz CT molecular complexity index is 1110. The fourth-order valence-electron chi connectivity index (χ4n) is 3.20. The fourth-order valence-corrected chi connectivity index (χ4v) is 3.38. The number of benzene rings is 2. The first kappa shape index (κ1) is 22.5. The number of nitrogens with zero attached hydrogens (tertiary/aromatic N) is 3. The monoisotopic (exact) mass is 439 g/mol. The molecule has 3 aromatic rings. The van der Waals surface area contributed by atoms with E-state index in [9.17, 15) is 9.59 Å². The summed E-state index contributed by atoms with van der Waals surface area (Å²) >= 11 is 6.07. The Labute approximate surface area is 187 Å². The zero-order valence-corrected chi connectivity index (χ0v) is 18.8. The molecule has 3 rings (SSSR count). The quantitative estimate of drug-likeness (QED) is 0.584. The Morgan fingerprint density at radius 2 is 1.68 bits per heavy atom. The molecule has 162 valence electrons. The van der Waals surface area contributed by atoms with E-state index >= 15 is 0 Å². The smallest absolute Gasteiger partial charge is 0.239 e. The Balaban J connectivity index is 1.63. The number of carbonyl (C=O) groups is 2. The number of aryl methyl sites for hydroxylation is 3. The number of nitrogens with one attached hydrogen (secondary N) is 2. The minimum atomic E-state index is -0.250. The van der Waals surface area contributed by atoms with Crippen LogP contribution in [0.4, 0.5) is 11.5 Å². The number of hydrogen-bond acceptors (Lipinski definition) is 4. The summed E-state index contributed by atoms with van der Waals surface area (Å²) in [5, 5.41) is 10.7. The van der Waals surface area contributed by atoms with E-state index in [0.717, 1.165) is 22.5 Å². The SMILES string of the molecule is Cc1ccc(C)c(-n2nc(C)cc2NC(=O)CN(C)CC(=O)Nc2ccccc2Cl)c1. The molecule has 0 aliphatic heterocycles. The zero-order chi connectivity index (χ0) is 22.5. The van der Waals surface area contributed by atoms with Gasteiger partial charge >= 0.3 is 0 Å². The molecular weight excluding hydrogens is 414 g/mol. The van der Waals surface area contributed by atoms with E-state index in [2.05, 4.69) is 15.7 Å². The molecule has 31 heavy (non-hydrogen) atoms. The van der Waals surface area contributed by atoms with Gasteiger partial charge in [0.25, 0.3) is 0 Å². The van der Waals surface area contributed by atoms with Gasteiger partial charge in [0.15, 0.2) is 0 Å². The molecule has 0 radical (unpaired) electrons. The van der Waals surface area contributed by atoms with Crippen molar-refractivity contribution in [3.8, 4) is 5.69 Å². The van der Waals surface area contributed by atoms with Gasteiger partial charge < -0.3 is 10.6 Å². The summed E-state index contributed by atoms with van der Waals surface area (Å²) in [4.78, 5) is 26.5. The third kappa shape index (κ3) is 5.93. The van der Waals surface area contributed by atoms with Gasteiger partial charge in [-0.1, -0.05) is 35.9 Å². The molecule has 0 fully saturated rings. The first-order valence-electron chi connectivity index (χ1n) is 9.90. The number of halogens is 1. The van der Waals surface area contributed by atoms with Crippen molar-refractivity contribution in [2.75, 3.05) is 30.8 Å². The lowest BCUT2D eigenvalue weighted by Crippen LogP contribution is -2.36. The predicted molar refractivity (Wildman–Crippen MR) is 124 cm³/mol. The molecule has 0 spiro atoms. The van der Waals surface area contributed by atoms with Gasteiger partial charge in [0.05, 0.1) is 35.2 Å². The molecule has 0 bridgehead atoms. The second-order valence-corrected chi connectivity index (χ2v) is 8.03. The van der Waals surface area contributed by atoms with Gasteiger partial charge in [0.2, 0.25) is 11.8 Å². The predicted octanol–water partition coefficient (Wildman–Crippen LogP) is 3.96. The number of carbonyl (C=O) groups excluding carboxylic acids is 2. The van der Waals surface area contributed by atoms with Crippen LogP contribution in [0.15, 0.2) is 48.5 Å². The molecule has 0 atom stereocenters. The molecule has 1 heterocycles. The highest BCUT2D eigenvalue weighted by Crippen LogP contribution is 2.22. The maximum Gasteiger partial charge on any atom is 0.239 e. The van der Waals surface area contributed by atoms with Crippen LogP contribution in [0.1, 0.15) is 16.8 Å². The van der Waals surface area contributed by atoms with Gasteiger partial charge in [-0.25, -0.2) is 4.68 Å². The molecule has 0 aliphatic rings.